The number of benzene rings is 1. The average Bonchev–Trinajstić information content (AvgIpc) is 3.23. The van der Waals surface area contributed by atoms with E-state index in [-0.39, 0.29) is 5.91 Å². The lowest BCUT2D eigenvalue weighted by atomic mass is 10.0. The summed E-state index contributed by atoms with van der Waals surface area (Å²) in [5.74, 6) is 0.902. The number of nitrogens with zero attached hydrogens (tertiary/aromatic N) is 4. The van der Waals surface area contributed by atoms with Crippen LogP contribution in [0.15, 0.2) is 41.0 Å². The molecule has 5 rings (SSSR count). The summed E-state index contributed by atoms with van der Waals surface area (Å²) in [4.78, 5) is 27.5. The molecular weight excluding hydrogens is 380 g/mol. The van der Waals surface area contributed by atoms with Crippen LogP contribution in [0.5, 0.6) is 0 Å². The summed E-state index contributed by atoms with van der Waals surface area (Å²) < 4.78 is 0. The molecule has 0 saturated carbocycles. The molecule has 2 aromatic heterocycles. The highest BCUT2D eigenvalue weighted by Gasteiger charge is 2.29. The summed E-state index contributed by atoms with van der Waals surface area (Å²) in [6.07, 6.45) is 4.32. The summed E-state index contributed by atoms with van der Waals surface area (Å²) in [5, 5.41) is 9.90. The van der Waals surface area contributed by atoms with Gasteiger partial charge in [0.25, 0.3) is 5.91 Å². The van der Waals surface area contributed by atoms with Crippen molar-refractivity contribution in [1.82, 2.24) is 20.3 Å². The second-order valence-corrected chi connectivity index (χ2v) is 8.08. The van der Waals surface area contributed by atoms with Gasteiger partial charge in [0.05, 0.1) is 11.4 Å². The predicted octanol–water partition coefficient (Wildman–Crippen LogP) is 3.03. The number of carbonyl (C=O) groups excluding carboxylic acids is 1. The smallest absolute Gasteiger partial charge is 0.265 e. The van der Waals surface area contributed by atoms with E-state index in [2.05, 4.69) is 37.7 Å². The summed E-state index contributed by atoms with van der Waals surface area (Å²) in [7, 11) is 0. The van der Waals surface area contributed by atoms with Gasteiger partial charge in [-0.1, -0.05) is 17.8 Å². The molecule has 0 unspecified atom stereocenters. The van der Waals surface area contributed by atoms with Gasteiger partial charge in [-0.2, -0.15) is 0 Å². The minimum atomic E-state index is -0.105. The number of nitrogens with one attached hydrogen (secondary N) is 2. The van der Waals surface area contributed by atoms with Crippen molar-refractivity contribution >= 4 is 45.8 Å². The Bertz CT molecular complexity index is 1010. The van der Waals surface area contributed by atoms with Crippen molar-refractivity contribution in [1.29, 1.82) is 0 Å². The maximum Gasteiger partial charge on any atom is 0.265 e. The molecule has 1 aromatic carbocycles. The Kier molecular flexibility index (Phi) is 4.27. The molecule has 9 heteroatoms. The molecule has 4 heterocycles. The fourth-order valence-corrected chi connectivity index (χ4v) is 4.85. The van der Waals surface area contributed by atoms with Crippen molar-refractivity contribution in [3.05, 3.63) is 52.7 Å². The molecular formula is C18H16N6OS2. The zero-order valence-electron chi connectivity index (χ0n) is 14.3. The second kappa shape index (κ2) is 6.91. The van der Waals surface area contributed by atoms with Gasteiger partial charge in [-0.15, -0.1) is 11.3 Å². The third kappa shape index (κ3) is 3.18. The van der Waals surface area contributed by atoms with E-state index < -0.39 is 0 Å². The SMILES string of the molecule is O=C1c2cnc(Nc3ccc4c(c3)CCNC4)nc2SCN1c1nccs1. The number of rotatable bonds is 3. The number of thioether (sulfide) groups is 1. The quantitative estimate of drug-likeness (QED) is 0.659. The third-order valence-electron chi connectivity index (χ3n) is 4.56. The van der Waals surface area contributed by atoms with E-state index in [0.29, 0.717) is 27.5 Å². The average molecular weight is 397 g/mol. The van der Waals surface area contributed by atoms with E-state index in [1.165, 1.54) is 34.2 Å². The van der Waals surface area contributed by atoms with Crippen LogP contribution in [0.4, 0.5) is 16.8 Å². The second-order valence-electron chi connectivity index (χ2n) is 6.27. The van der Waals surface area contributed by atoms with Gasteiger partial charge in [0.1, 0.15) is 5.03 Å². The van der Waals surface area contributed by atoms with E-state index in [0.717, 1.165) is 25.2 Å². The van der Waals surface area contributed by atoms with Gasteiger partial charge in [-0.05, 0) is 36.2 Å². The molecule has 0 atom stereocenters. The Morgan fingerprint density at radius 1 is 1.22 bits per heavy atom. The monoisotopic (exact) mass is 396 g/mol. The number of amides is 1. The zero-order chi connectivity index (χ0) is 18.2. The maximum absolute atomic E-state index is 12.7. The Hall–Kier alpha value is -2.49. The molecule has 7 nitrogen and oxygen atoms in total. The molecule has 136 valence electrons. The molecule has 0 radical (unpaired) electrons. The fourth-order valence-electron chi connectivity index (χ4n) is 3.19. The molecule has 2 aliphatic heterocycles. The Morgan fingerprint density at radius 2 is 2.19 bits per heavy atom. The number of hydrogen-bond acceptors (Lipinski definition) is 8. The van der Waals surface area contributed by atoms with Crippen LogP contribution in [0.1, 0.15) is 21.5 Å². The van der Waals surface area contributed by atoms with Crippen molar-refractivity contribution in [2.24, 2.45) is 0 Å². The highest BCUT2D eigenvalue weighted by molar-refractivity contribution is 7.99. The lowest BCUT2D eigenvalue weighted by molar-refractivity contribution is 0.0985. The van der Waals surface area contributed by atoms with Crippen molar-refractivity contribution in [3.63, 3.8) is 0 Å². The number of hydrogen-bond donors (Lipinski definition) is 2. The standard InChI is InChI=1S/C18H16N6OS2/c25-16-14-9-21-17(22-13-2-1-12-8-19-4-3-11(12)7-13)23-15(14)27-10-24(16)18-20-5-6-26-18/h1-2,5-7,9,19H,3-4,8,10H2,(H,21,22,23). The van der Waals surface area contributed by atoms with Gasteiger partial charge in [0, 0.05) is 30.0 Å². The first kappa shape index (κ1) is 16.7. The number of fused-ring (bicyclic) bond motifs is 2. The van der Waals surface area contributed by atoms with E-state index in [1.54, 1.807) is 17.3 Å². The first-order valence-electron chi connectivity index (χ1n) is 8.59. The molecule has 2 aliphatic rings. The minimum absolute atomic E-state index is 0.105. The van der Waals surface area contributed by atoms with Crippen molar-refractivity contribution in [2.75, 3.05) is 22.6 Å². The number of aromatic nitrogens is 3. The fraction of sp³-hybridized carbons (Fsp3) is 0.222. The summed E-state index contributed by atoms with van der Waals surface area (Å²) >= 11 is 2.97. The normalized spacial score (nSPS) is 16.0. The Morgan fingerprint density at radius 3 is 3.07 bits per heavy atom. The van der Waals surface area contributed by atoms with Crippen LogP contribution in [0.25, 0.3) is 0 Å². The van der Waals surface area contributed by atoms with Crippen LogP contribution in [0, 0.1) is 0 Å². The molecule has 2 N–H and O–H groups in total. The van der Waals surface area contributed by atoms with Crippen LogP contribution in [0.2, 0.25) is 0 Å². The molecule has 0 spiro atoms. The number of thiazole rings is 1. The van der Waals surface area contributed by atoms with Crippen LogP contribution in [0.3, 0.4) is 0 Å². The first-order chi connectivity index (χ1) is 13.3. The number of anilines is 3. The van der Waals surface area contributed by atoms with Gasteiger partial charge >= 0.3 is 0 Å². The van der Waals surface area contributed by atoms with E-state index >= 15 is 0 Å². The molecule has 3 aromatic rings. The molecule has 0 bridgehead atoms. The van der Waals surface area contributed by atoms with E-state index in [1.807, 2.05) is 11.4 Å². The highest BCUT2D eigenvalue weighted by atomic mass is 32.2. The maximum atomic E-state index is 12.7. The molecule has 27 heavy (non-hydrogen) atoms. The Balaban J connectivity index is 1.38. The molecule has 0 fully saturated rings. The van der Waals surface area contributed by atoms with E-state index in [9.17, 15) is 4.79 Å². The predicted molar refractivity (Wildman–Crippen MR) is 107 cm³/mol. The van der Waals surface area contributed by atoms with Gasteiger partial charge in [-0.3, -0.25) is 9.69 Å². The molecule has 0 aliphatic carbocycles. The first-order valence-corrected chi connectivity index (χ1v) is 10.5. The van der Waals surface area contributed by atoms with Crippen LogP contribution < -0.4 is 15.5 Å². The zero-order valence-corrected chi connectivity index (χ0v) is 15.9. The largest absolute Gasteiger partial charge is 0.324 e. The van der Waals surface area contributed by atoms with Crippen LogP contribution >= 0.6 is 23.1 Å². The summed E-state index contributed by atoms with van der Waals surface area (Å²) in [6.45, 7) is 1.92. The number of carbonyl (C=O) groups is 1. The third-order valence-corrected chi connectivity index (χ3v) is 6.33. The topological polar surface area (TPSA) is 83.0 Å². The van der Waals surface area contributed by atoms with Crippen LogP contribution in [-0.4, -0.2) is 33.3 Å². The molecule has 1 amide bonds. The van der Waals surface area contributed by atoms with Crippen molar-refractivity contribution < 1.29 is 4.79 Å². The van der Waals surface area contributed by atoms with Crippen molar-refractivity contribution in [2.45, 2.75) is 18.0 Å². The highest BCUT2D eigenvalue weighted by Crippen LogP contribution is 2.33. The lowest BCUT2D eigenvalue weighted by Gasteiger charge is -2.25. The van der Waals surface area contributed by atoms with Gasteiger partial charge in [0.15, 0.2) is 5.13 Å². The minimum Gasteiger partial charge on any atom is -0.324 e. The Labute approximate surface area is 164 Å². The molecule has 0 saturated heterocycles. The van der Waals surface area contributed by atoms with E-state index in [4.69, 9.17) is 0 Å². The van der Waals surface area contributed by atoms with Gasteiger partial charge < -0.3 is 10.6 Å². The summed E-state index contributed by atoms with van der Waals surface area (Å²) in [5.41, 5.74) is 4.16. The van der Waals surface area contributed by atoms with Crippen molar-refractivity contribution in [3.8, 4) is 0 Å². The summed E-state index contributed by atoms with van der Waals surface area (Å²) in [6, 6.07) is 6.32. The van der Waals surface area contributed by atoms with Crippen LogP contribution in [-0.2, 0) is 13.0 Å². The van der Waals surface area contributed by atoms with Gasteiger partial charge in [-0.25, -0.2) is 15.0 Å². The lowest BCUT2D eigenvalue weighted by Crippen LogP contribution is -2.34. The van der Waals surface area contributed by atoms with Gasteiger partial charge in [0.2, 0.25) is 5.95 Å².